The number of methoxy groups -OCH3 is 1. The molecule has 4 aliphatic heterocycles. The number of rotatable bonds is 11. The highest BCUT2D eigenvalue weighted by molar-refractivity contribution is 6.77. The van der Waals surface area contributed by atoms with Gasteiger partial charge in [-0.1, -0.05) is 103 Å². The predicted octanol–water partition coefficient (Wildman–Crippen LogP) is 8.93. The number of esters is 1. The lowest BCUT2D eigenvalue weighted by Gasteiger charge is -2.45. The Morgan fingerprint density at radius 2 is 1.74 bits per heavy atom. The molecule has 0 radical (unpaired) electrons. The Labute approximate surface area is 303 Å². The first-order chi connectivity index (χ1) is 23.8. The minimum absolute atomic E-state index is 0.0633. The third-order valence-corrected chi connectivity index (χ3v) is 16.9. The first kappa shape index (κ1) is 40.9. The summed E-state index contributed by atoms with van der Waals surface area (Å²) in [5.41, 5.74) is 3.48. The Kier molecular flexibility index (Phi) is 15.8. The Morgan fingerprint density at radius 1 is 1.00 bits per heavy atom. The predicted molar refractivity (Wildman–Crippen MR) is 201 cm³/mol. The van der Waals surface area contributed by atoms with Gasteiger partial charge in [-0.3, -0.25) is 0 Å². The Hall–Kier alpha value is -1.85. The molecule has 282 valence electrons. The van der Waals surface area contributed by atoms with E-state index < -0.39 is 20.5 Å². The minimum atomic E-state index is -2.40. The standard InChI is InChI=1S/C41H66O8Si/c1-27(2)50(28(3)4,29(5)6)49-36(18-17-34-22-30(7)19-20-44-34)37-25-39-41(48-39)38(45-26-43-10)24-32(9)21-31(8)23-35-15-11-13-33(46-35)14-12-16-40(42)47-37/h11-13,16-19,27-29,31,33-39,41H,9,14-15,20-26H2,1-8,10H3/b16-12-,18-17+/t31-,33-,34+,35-,36-,37-,38-,39-,41-/m0/s1. The number of carbonyl (C=O) groups is 1. The van der Waals surface area contributed by atoms with Crippen molar-refractivity contribution >= 4 is 14.3 Å². The molecule has 1 fully saturated rings. The zero-order valence-corrected chi connectivity index (χ0v) is 33.3. The Balaban J connectivity index is 1.69. The summed E-state index contributed by atoms with van der Waals surface area (Å²) >= 11 is 0. The molecule has 0 aromatic rings. The van der Waals surface area contributed by atoms with Gasteiger partial charge in [-0.05, 0) is 68.0 Å². The number of fused-ring (bicyclic) bond motifs is 3. The first-order valence-electron chi connectivity index (χ1n) is 19.1. The fourth-order valence-electron chi connectivity index (χ4n) is 8.49. The molecule has 0 N–H and O–H groups in total. The molecule has 9 atom stereocenters. The number of hydrogen-bond acceptors (Lipinski definition) is 8. The lowest BCUT2D eigenvalue weighted by molar-refractivity contribution is -0.147. The van der Waals surface area contributed by atoms with Gasteiger partial charge < -0.3 is 32.8 Å². The summed E-state index contributed by atoms with van der Waals surface area (Å²) in [5, 5.41) is 0. The van der Waals surface area contributed by atoms with Gasteiger partial charge in [0.1, 0.15) is 25.1 Å². The number of carbonyl (C=O) groups excluding carboxylic acids is 1. The lowest BCUT2D eigenvalue weighted by Crippen LogP contribution is -2.52. The molecule has 0 amide bonds. The maximum atomic E-state index is 13.6. The molecular weight excluding hydrogens is 649 g/mol. The van der Waals surface area contributed by atoms with E-state index in [-0.39, 0.29) is 49.4 Å². The molecule has 4 aliphatic rings. The van der Waals surface area contributed by atoms with Crippen molar-refractivity contribution in [3.63, 3.8) is 0 Å². The van der Waals surface area contributed by atoms with E-state index in [9.17, 15) is 4.79 Å². The maximum Gasteiger partial charge on any atom is 0.330 e. The molecule has 0 aliphatic carbocycles. The van der Waals surface area contributed by atoms with E-state index in [1.165, 1.54) is 5.57 Å². The Bertz CT molecular complexity index is 1200. The van der Waals surface area contributed by atoms with E-state index >= 15 is 0 Å². The zero-order valence-electron chi connectivity index (χ0n) is 32.3. The monoisotopic (exact) mass is 714 g/mol. The zero-order chi connectivity index (χ0) is 36.4. The number of ether oxygens (including phenoxy) is 6. The largest absolute Gasteiger partial charge is 0.456 e. The van der Waals surface area contributed by atoms with Crippen LogP contribution in [-0.4, -0.2) is 83.6 Å². The summed E-state index contributed by atoms with van der Waals surface area (Å²) in [6.07, 6.45) is 17.8. The van der Waals surface area contributed by atoms with Crippen molar-refractivity contribution in [1.82, 2.24) is 0 Å². The van der Waals surface area contributed by atoms with Crippen LogP contribution in [-0.2, 0) is 37.6 Å². The van der Waals surface area contributed by atoms with E-state index in [2.05, 4.69) is 92.3 Å². The summed E-state index contributed by atoms with van der Waals surface area (Å²) in [4.78, 5) is 13.6. The fraction of sp³-hybridized carbons (Fsp3) is 0.732. The highest BCUT2D eigenvalue weighted by atomic mass is 28.4. The van der Waals surface area contributed by atoms with Crippen LogP contribution >= 0.6 is 0 Å². The molecular formula is C41H66O8Si. The van der Waals surface area contributed by atoms with Crippen LogP contribution in [0.3, 0.4) is 0 Å². The van der Waals surface area contributed by atoms with Crippen LogP contribution < -0.4 is 0 Å². The van der Waals surface area contributed by atoms with E-state index in [4.69, 9.17) is 32.8 Å². The van der Waals surface area contributed by atoms with Gasteiger partial charge in [-0.15, -0.1) is 0 Å². The molecule has 8 nitrogen and oxygen atoms in total. The van der Waals surface area contributed by atoms with Crippen molar-refractivity contribution in [2.75, 3.05) is 20.5 Å². The molecule has 1 saturated heterocycles. The Morgan fingerprint density at radius 3 is 2.42 bits per heavy atom. The van der Waals surface area contributed by atoms with Crippen LogP contribution in [0.2, 0.25) is 16.6 Å². The first-order valence-corrected chi connectivity index (χ1v) is 21.2. The quantitative estimate of drug-likeness (QED) is 0.0690. The molecule has 0 unspecified atom stereocenters. The van der Waals surface area contributed by atoms with Crippen LogP contribution in [0.25, 0.3) is 0 Å². The van der Waals surface area contributed by atoms with Crippen LogP contribution in [0.1, 0.15) is 100 Å². The molecule has 0 spiro atoms. The SMILES string of the molecule is C=C1C[C@H](C)C[C@@H]2CC=C[C@@H](C/C=C\C(=O)O[C@H]([C@H](/C=C/[C@@H]3CC(C)=CCO3)O[Si](C(C)C)(C(C)C)C(C)C)C[C@@H]3O[C@H]3[C@@H](OCOC)C1)O2. The van der Waals surface area contributed by atoms with Crippen molar-refractivity contribution in [2.24, 2.45) is 5.92 Å². The molecule has 0 aromatic heterocycles. The molecule has 0 saturated carbocycles. The second-order valence-electron chi connectivity index (χ2n) is 16.0. The van der Waals surface area contributed by atoms with Gasteiger partial charge >= 0.3 is 5.97 Å². The molecule has 0 aromatic carbocycles. The summed E-state index contributed by atoms with van der Waals surface area (Å²) in [6, 6.07) is 0. The second kappa shape index (κ2) is 19.3. The smallest absolute Gasteiger partial charge is 0.330 e. The van der Waals surface area contributed by atoms with Gasteiger partial charge in [0.15, 0.2) is 0 Å². The van der Waals surface area contributed by atoms with Gasteiger partial charge in [0.2, 0.25) is 8.32 Å². The van der Waals surface area contributed by atoms with Crippen LogP contribution in [0, 0.1) is 5.92 Å². The van der Waals surface area contributed by atoms with Gasteiger partial charge in [0, 0.05) is 19.6 Å². The summed E-state index contributed by atoms with van der Waals surface area (Å²) in [7, 11) is -0.771. The summed E-state index contributed by atoms with van der Waals surface area (Å²) in [6.45, 7) is 23.3. The highest BCUT2D eigenvalue weighted by Gasteiger charge is 2.51. The maximum absolute atomic E-state index is 13.6. The third kappa shape index (κ3) is 11.6. The molecule has 2 bridgehead atoms. The topological polar surface area (TPSA) is 85.0 Å². The van der Waals surface area contributed by atoms with E-state index in [1.807, 2.05) is 6.08 Å². The third-order valence-electron chi connectivity index (χ3n) is 10.8. The molecule has 50 heavy (non-hydrogen) atoms. The number of epoxide rings is 1. The highest BCUT2D eigenvalue weighted by Crippen LogP contribution is 2.45. The van der Waals surface area contributed by atoms with Crippen LogP contribution in [0.15, 0.2) is 60.3 Å². The van der Waals surface area contributed by atoms with Gasteiger partial charge in [-0.25, -0.2) is 4.79 Å². The van der Waals surface area contributed by atoms with E-state index in [0.29, 0.717) is 48.4 Å². The summed E-state index contributed by atoms with van der Waals surface area (Å²) < 4.78 is 44.2. The van der Waals surface area contributed by atoms with Crippen molar-refractivity contribution < 1.29 is 37.6 Å². The van der Waals surface area contributed by atoms with Crippen LogP contribution in [0.4, 0.5) is 0 Å². The van der Waals surface area contributed by atoms with Gasteiger partial charge in [0.25, 0.3) is 0 Å². The number of hydrogen-bond donors (Lipinski definition) is 0. The average Bonchev–Trinajstić information content (AvgIpc) is 3.81. The molecule has 4 heterocycles. The average molecular weight is 715 g/mol. The van der Waals surface area contributed by atoms with Gasteiger partial charge in [0.05, 0.1) is 37.1 Å². The number of cyclic esters (lactones) is 1. The van der Waals surface area contributed by atoms with Crippen molar-refractivity contribution in [1.29, 1.82) is 0 Å². The van der Waals surface area contributed by atoms with Crippen molar-refractivity contribution in [3.05, 3.63) is 60.3 Å². The van der Waals surface area contributed by atoms with E-state index in [1.54, 1.807) is 13.2 Å². The fourth-order valence-corrected chi connectivity index (χ4v) is 14.0. The van der Waals surface area contributed by atoms with Crippen molar-refractivity contribution in [2.45, 2.75) is 166 Å². The normalized spacial score (nSPS) is 33.2. The van der Waals surface area contributed by atoms with Crippen LogP contribution in [0.5, 0.6) is 0 Å². The van der Waals surface area contributed by atoms with Crippen molar-refractivity contribution in [3.8, 4) is 0 Å². The molecule has 9 heteroatoms. The molecule has 4 rings (SSSR count). The van der Waals surface area contributed by atoms with E-state index in [0.717, 1.165) is 31.3 Å². The summed E-state index contributed by atoms with van der Waals surface area (Å²) in [5.74, 6) is 0.0243. The lowest BCUT2D eigenvalue weighted by atomic mass is 9.90. The second-order valence-corrected chi connectivity index (χ2v) is 21.4. The minimum Gasteiger partial charge on any atom is -0.456 e. The van der Waals surface area contributed by atoms with Gasteiger partial charge in [-0.2, -0.15) is 0 Å².